The van der Waals surface area contributed by atoms with Crippen molar-refractivity contribution in [1.29, 1.82) is 0 Å². The van der Waals surface area contributed by atoms with E-state index in [4.69, 9.17) is 27.8 Å². The summed E-state index contributed by atoms with van der Waals surface area (Å²) in [6, 6.07) is 4.43. The van der Waals surface area contributed by atoms with Crippen LogP contribution in [-0.4, -0.2) is 35.1 Å². The van der Waals surface area contributed by atoms with Gasteiger partial charge >= 0.3 is 6.18 Å². The molecule has 2 heterocycles. The monoisotopic (exact) mass is 495 g/mol. The summed E-state index contributed by atoms with van der Waals surface area (Å²) in [7, 11) is 0. The van der Waals surface area contributed by atoms with Gasteiger partial charge in [0.05, 0.1) is 10.7 Å². The minimum absolute atomic E-state index is 0. The number of nitrogen functional groups attached to an aromatic ring is 1. The van der Waals surface area contributed by atoms with Crippen LogP contribution < -0.4 is 16.8 Å². The van der Waals surface area contributed by atoms with Crippen LogP contribution in [0.15, 0.2) is 35.5 Å². The molecule has 13 heteroatoms. The predicted octanol–water partition coefficient (Wildman–Crippen LogP) is 4.05. The van der Waals surface area contributed by atoms with Gasteiger partial charge in [-0.3, -0.25) is 9.79 Å². The molecule has 0 fully saturated rings. The third-order valence-electron chi connectivity index (χ3n) is 4.79. The Balaban J connectivity index is 0.00000363. The molecule has 32 heavy (non-hydrogen) atoms. The molecule has 3 rings (SSSR count). The first-order chi connectivity index (χ1) is 14.3. The number of anilines is 2. The first-order valence-electron chi connectivity index (χ1n) is 8.92. The second-order valence-corrected chi connectivity index (χ2v) is 7.56. The van der Waals surface area contributed by atoms with Gasteiger partial charge in [0.2, 0.25) is 0 Å². The quantitative estimate of drug-likeness (QED) is 0.555. The summed E-state index contributed by atoms with van der Waals surface area (Å²) in [4.78, 5) is 20.2. The zero-order valence-electron chi connectivity index (χ0n) is 16.7. The molecule has 5 N–H and O–H groups in total. The molecule has 1 aromatic heterocycles. The van der Waals surface area contributed by atoms with Crippen LogP contribution in [0.5, 0.6) is 0 Å². The Hall–Kier alpha value is -2.63. The van der Waals surface area contributed by atoms with Crippen molar-refractivity contribution >= 4 is 47.1 Å². The number of pyridine rings is 1. The van der Waals surface area contributed by atoms with Crippen LogP contribution in [0, 0.1) is 5.82 Å². The van der Waals surface area contributed by atoms with Crippen LogP contribution in [0.2, 0.25) is 5.02 Å². The van der Waals surface area contributed by atoms with Gasteiger partial charge in [0.1, 0.15) is 23.3 Å². The fourth-order valence-corrected chi connectivity index (χ4v) is 3.41. The average molecular weight is 496 g/mol. The number of halogens is 6. The summed E-state index contributed by atoms with van der Waals surface area (Å²) in [6.45, 7) is 2.38. The maximum atomic E-state index is 14.7. The van der Waals surface area contributed by atoms with Crippen molar-refractivity contribution in [2.24, 2.45) is 10.7 Å². The number of amides is 1. The average Bonchev–Trinajstić information content (AvgIpc) is 2.65. The molecule has 1 aliphatic heterocycles. The van der Waals surface area contributed by atoms with E-state index in [0.29, 0.717) is 0 Å². The third kappa shape index (κ3) is 4.89. The molecule has 3 atom stereocenters. The van der Waals surface area contributed by atoms with Crippen LogP contribution in [-0.2, 0) is 10.3 Å². The number of alkyl halides is 3. The van der Waals surface area contributed by atoms with Crippen molar-refractivity contribution < 1.29 is 27.1 Å². The van der Waals surface area contributed by atoms with Crippen LogP contribution in [0.4, 0.5) is 28.9 Å². The summed E-state index contributed by atoms with van der Waals surface area (Å²) in [5, 5.41) is 2.64. The molecule has 0 bridgehead atoms. The molecule has 2 aromatic rings. The highest BCUT2D eigenvalue weighted by Crippen LogP contribution is 2.44. The molecule has 7 nitrogen and oxygen atoms in total. The van der Waals surface area contributed by atoms with E-state index >= 15 is 0 Å². The van der Waals surface area contributed by atoms with Crippen molar-refractivity contribution in [1.82, 2.24) is 4.98 Å². The third-order valence-corrected chi connectivity index (χ3v) is 5.00. The Labute approximate surface area is 191 Å². The number of amidine groups is 1. The number of carbonyl (C=O) groups excluding carboxylic acids is 1. The van der Waals surface area contributed by atoms with E-state index in [2.05, 4.69) is 15.3 Å². The molecule has 0 unspecified atom stereocenters. The van der Waals surface area contributed by atoms with Crippen LogP contribution >= 0.6 is 24.0 Å². The number of hydrogen-bond acceptors (Lipinski definition) is 6. The zero-order valence-corrected chi connectivity index (χ0v) is 18.3. The summed E-state index contributed by atoms with van der Waals surface area (Å²) in [5.74, 6) is -1.95. The number of nitrogens with two attached hydrogens (primary N) is 2. The SMILES string of the molecule is C[C@H]1O[C@@H](C(F)(F)F)[C@@](C)(c2cc(NC(=O)c3ncc(Cl)cc3N)ccc2F)N=C1N.Cl. The van der Waals surface area contributed by atoms with E-state index in [-0.39, 0.29) is 40.3 Å². The second kappa shape index (κ2) is 9.08. The number of ether oxygens (including phenoxy) is 1. The first kappa shape index (κ1) is 25.6. The lowest BCUT2D eigenvalue weighted by molar-refractivity contribution is -0.248. The highest BCUT2D eigenvalue weighted by atomic mass is 35.5. The highest BCUT2D eigenvalue weighted by molar-refractivity contribution is 6.30. The van der Waals surface area contributed by atoms with E-state index in [1.165, 1.54) is 25.3 Å². The van der Waals surface area contributed by atoms with Gasteiger partial charge in [-0.2, -0.15) is 13.2 Å². The van der Waals surface area contributed by atoms with Crippen molar-refractivity contribution in [3.05, 3.63) is 52.6 Å². The Morgan fingerprint density at radius 3 is 2.53 bits per heavy atom. The normalized spacial score (nSPS) is 23.2. The number of carbonyl (C=O) groups is 1. The fourth-order valence-electron chi connectivity index (χ4n) is 3.25. The summed E-state index contributed by atoms with van der Waals surface area (Å²) in [6.07, 6.45) is -7.22. The Bertz CT molecular complexity index is 1070. The van der Waals surface area contributed by atoms with Gasteiger partial charge in [0, 0.05) is 17.4 Å². The smallest absolute Gasteiger partial charge is 0.397 e. The Morgan fingerprint density at radius 2 is 1.94 bits per heavy atom. The Morgan fingerprint density at radius 1 is 1.28 bits per heavy atom. The summed E-state index contributed by atoms with van der Waals surface area (Å²) < 4.78 is 60.8. The van der Waals surface area contributed by atoms with Gasteiger partial charge in [-0.1, -0.05) is 11.6 Å². The van der Waals surface area contributed by atoms with Crippen LogP contribution in [0.1, 0.15) is 29.9 Å². The number of hydrogen-bond donors (Lipinski definition) is 3. The summed E-state index contributed by atoms with van der Waals surface area (Å²) >= 11 is 5.75. The standard InChI is InChI=1S/C19H18ClF4N5O2.ClH/c1-8-15(26)29-18(2,17(31-8)19(22,23)24)11-6-10(3-4-12(11)21)28-16(30)14-13(25)5-9(20)7-27-14;/h3-8,17H,25H2,1-2H3,(H2,26,29)(H,28,30);1H/t8-,17-,18-;/m1./s1. The number of benzene rings is 1. The minimum atomic E-state index is -4.86. The highest BCUT2D eigenvalue weighted by Gasteiger charge is 2.57. The lowest BCUT2D eigenvalue weighted by atomic mass is 9.84. The fraction of sp³-hybridized carbons (Fsp3) is 0.316. The molecular formula is C19H19Cl2F4N5O2. The molecule has 174 valence electrons. The number of nitrogens with zero attached hydrogens (tertiary/aromatic N) is 2. The maximum absolute atomic E-state index is 14.7. The number of aromatic nitrogens is 1. The number of aliphatic imine (C=N–C) groups is 1. The van der Waals surface area contributed by atoms with Crippen molar-refractivity contribution in [3.63, 3.8) is 0 Å². The molecule has 1 aromatic carbocycles. The van der Waals surface area contributed by atoms with E-state index in [0.717, 1.165) is 19.1 Å². The van der Waals surface area contributed by atoms with Crippen LogP contribution in [0.25, 0.3) is 0 Å². The zero-order chi connectivity index (χ0) is 23.1. The molecule has 0 spiro atoms. The minimum Gasteiger partial charge on any atom is -0.397 e. The van der Waals surface area contributed by atoms with Crippen molar-refractivity contribution in [2.75, 3.05) is 11.1 Å². The van der Waals surface area contributed by atoms with Gasteiger partial charge in [0.25, 0.3) is 5.91 Å². The van der Waals surface area contributed by atoms with E-state index in [9.17, 15) is 22.4 Å². The van der Waals surface area contributed by atoms with Crippen molar-refractivity contribution in [3.8, 4) is 0 Å². The largest absolute Gasteiger partial charge is 0.417 e. The van der Waals surface area contributed by atoms with Crippen LogP contribution in [0.3, 0.4) is 0 Å². The number of rotatable bonds is 3. The predicted molar refractivity (Wildman–Crippen MR) is 115 cm³/mol. The second-order valence-electron chi connectivity index (χ2n) is 7.12. The van der Waals surface area contributed by atoms with E-state index in [1.54, 1.807) is 0 Å². The van der Waals surface area contributed by atoms with Gasteiger partial charge in [-0.05, 0) is 38.1 Å². The van der Waals surface area contributed by atoms with Gasteiger partial charge in [-0.25, -0.2) is 9.37 Å². The van der Waals surface area contributed by atoms with E-state index in [1.807, 2.05) is 0 Å². The lowest BCUT2D eigenvalue weighted by Gasteiger charge is -2.41. The maximum Gasteiger partial charge on any atom is 0.417 e. The van der Waals surface area contributed by atoms with Gasteiger partial charge in [0.15, 0.2) is 11.8 Å². The first-order valence-corrected chi connectivity index (χ1v) is 9.30. The van der Waals surface area contributed by atoms with Gasteiger partial charge in [-0.15, -0.1) is 12.4 Å². The number of nitrogens with one attached hydrogen (secondary N) is 1. The summed E-state index contributed by atoms with van der Waals surface area (Å²) in [5.41, 5.74) is 8.56. The molecule has 1 aliphatic rings. The van der Waals surface area contributed by atoms with Gasteiger partial charge < -0.3 is 21.5 Å². The molecule has 1 amide bonds. The topological polar surface area (TPSA) is 116 Å². The molecule has 0 saturated carbocycles. The Kier molecular flexibility index (Phi) is 7.28. The molecule has 0 radical (unpaired) electrons. The lowest BCUT2D eigenvalue weighted by Crippen LogP contribution is -2.55. The van der Waals surface area contributed by atoms with Crippen molar-refractivity contribution in [2.45, 2.75) is 37.8 Å². The van der Waals surface area contributed by atoms with E-state index < -0.39 is 41.2 Å². The molecule has 0 aliphatic carbocycles. The molecular weight excluding hydrogens is 477 g/mol. The molecule has 0 saturated heterocycles.